The summed E-state index contributed by atoms with van der Waals surface area (Å²) in [5.41, 5.74) is 1.45. The maximum absolute atomic E-state index is 6.12. The second kappa shape index (κ2) is 6.30. The van der Waals surface area contributed by atoms with Gasteiger partial charge in [-0.05, 0) is 36.7 Å². The molecule has 0 spiro atoms. The standard InChI is InChI=1S/C16H27ClN2/c1-16(2,3)13(12-17)11-14-9-10-19(18-14)15-7-5-4-6-8-15/h9-10,13,15H,4-8,11-12H2,1-3H3. The van der Waals surface area contributed by atoms with Crippen LogP contribution in [0, 0.1) is 11.3 Å². The second-order valence-corrected chi connectivity index (χ2v) is 7.31. The summed E-state index contributed by atoms with van der Waals surface area (Å²) in [6.07, 6.45) is 9.84. The van der Waals surface area contributed by atoms with Gasteiger partial charge >= 0.3 is 0 Å². The minimum Gasteiger partial charge on any atom is -0.269 e. The summed E-state index contributed by atoms with van der Waals surface area (Å²) in [5, 5.41) is 4.79. The van der Waals surface area contributed by atoms with Crippen molar-refractivity contribution in [2.75, 3.05) is 5.88 Å². The summed E-state index contributed by atoms with van der Waals surface area (Å²) >= 11 is 6.12. The Hall–Kier alpha value is -0.500. The molecule has 1 saturated carbocycles. The molecule has 0 N–H and O–H groups in total. The highest BCUT2D eigenvalue weighted by molar-refractivity contribution is 6.18. The van der Waals surface area contributed by atoms with E-state index in [1.165, 1.54) is 37.8 Å². The molecule has 1 aromatic rings. The van der Waals surface area contributed by atoms with Gasteiger partial charge in [0.15, 0.2) is 0 Å². The van der Waals surface area contributed by atoms with Crippen LogP contribution in [-0.2, 0) is 6.42 Å². The van der Waals surface area contributed by atoms with Gasteiger partial charge in [0.1, 0.15) is 0 Å². The van der Waals surface area contributed by atoms with Gasteiger partial charge in [-0.25, -0.2) is 0 Å². The van der Waals surface area contributed by atoms with E-state index in [2.05, 4.69) is 37.7 Å². The summed E-state index contributed by atoms with van der Waals surface area (Å²) < 4.78 is 2.20. The minimum atomic E-state index is 0.246. The number of alkyl halides is 1. The van der Waals surface area contributed by atoms with Crippen LogP contribution in [0.2, 0.25) is 0 Å². The van der Waals surface area contributed by atoms with Crippen molar-refractivity contribution in [3.05, 3.63) is 18.0 Å². The van der Waals surface area contributed by atoms with Gasteiger partial charge in [-0.15, -0.1) is 11.6 Å². The number of hydrogen-bond acceptors (Lipinski definition) is 1. The molecule has 0 amide bonds. The van der Waals surface area contributed by atoms with Crippen LogP contribution < -0.4 is 0 Å². The third-order valence-electron chi connectivity index (χ3n) is 4.48. The Morgan fingerprint density at radius 2 is 2.00 bits per heavy atom. The average Bonchev–Trinajstić information content (AvgIpc) is 2.84. The number of rotatable bonds is 4. The lowest BCUT2D eigenvalue weighted by atomic mass is 9.79. The first-order valence-corrected chi connectivity index (χ1v) is 8.14. The molecule has 1 aliphatic rings. The monoisotopic (exact) mass is 282 g/mol. The molecule has 0 aliphatic heterocycles. The van der Waals surface area contributed by atoms with Gasteiger partial charge in [0.25, 0.3) is 0 Å². The number of hydrogen-bond donors (Lipinski definition) is 0. The van der Waals surface area contributed by atoms with E-state index in [1.54, 1.807) is 0 Å². The molecule has 1 unspecified atom stereocenters. The SMILES string of the molecule is CC(C)(C)C(CCl)Cc1ccn(C2CCCCC2)n1. The Kier molecular flexibility index (Phi) is 4.94. The fourth-order valence-corrected chi connectivity index (χ4v) is 3.45. The molecule has 0 bridgehead atoms. The van der Waals surface area contributed by atoms with E-state index in [1.807, 2.05) is 0 Å². The first-order valence-electron chi connectivity index (χ1n) is 7.60. The lowest BCUT2D eigenvalue weighted by Crippen LogP contribution is -2.24. The van der Waals surface area contributed by atoms with Crippen LogP contribution in [0.4, 0.5) is 0 Å². The molecule has 1 aromatic heterocycles. The third-order valence-corrected chi connectivity index (χ3v) is 4.85. The zero-order chi connectivity index (χ0) is 13.9. The second-order valence-electron chi connectivity index (χ2n) is 7.00. The zero-order valence-electron chi connectivity index (χ0n) is 12.5. The van der Waals surface area contributed by atoms with Crippen molar-refractivity contribution in [3.63, 3.8) is 0 Å². The van der Waals surface area contributed by atoms with Gasteiger partial charge in [0.05, 0.1) is 11.7 Å². The summed E-state index contributed by atoms with van der Waals surface area (Å²) in [7, 11) is 0. The zero-order valence-corrected chi connectivity index (χ0v) is 13.3. The normalized spacial score (nSPS) is 19.6. The molecule has 0 aromatic carbocycles. The van der Waals surface area contributed by atoms with Crippen molar-refractivity contribution in [1.29, 1.82) is 0 Å². The first kappa shape index (κ1) is 14.9. The Bertz CT molecular complexity index is 386. The van der Waals surface area contributed by atoms with Crippen LogP contribution in [-0.4, -0.2) is 15.7 Å². The number of nitrogens with zero attached hydrogens (tertiary/aromatic N) is 2. The molecule has 0 saturated heterocycles. The Balaban J connectivity index is 2.00. The van der Waals surface area contributed by atoms with Crippen molar-refractivity contribution < 1.29 is 0 Å². The fraction of sp³-hybridized carbons (Fsp3) is 0.812. The number of aromatic nitrogens is 2. The smallest absolute Gasteiger partial charge is 0.0628 e. The van der Waals surface area contributed by atoms with Crippen LogP contribution in [0.5, 0.6) is 0 Å². The van der Waals surface area contributed by atoms with Crippen LogP contribution in [0.15, 0.2) is 12.3 Å². The fourth-order valence-electron chi connectivity index (χ4n) is 2.88. The van der Waals surface area contributed by atoms with Crippen molar-refractivity contribution >= 4 is 11.6 Å². The third kappa shape index (κ3) is 3.98. The maximum Gasteiger partial charge on any atom is 0.0628 e. The minimum absolute atomic E-state index is 0.246. The van der Waals surface area contributed by atoms with E-state index in [0.29, 0.717) is 17.8 Å². The first-order chi connectivity index (χ1) is 9.00. The van der Waals surface area contributed by atoms with E-state index in [0.717, 1.165) is 6.42 Å². The summed E-state index contributed by atoms with van der Waals surface area (Å²) in [4.78, 5) is 0. The average molecular weight is 283 g/mol. The molecule has 1 fully saturated rings. The molecular formula is C16H27ClN2. The predicted octanol–water partition coefficient (Wildman–Crippen LogP) is 4.83. The molecule has 2 nitrogen and oxygen atoms in total. The predicted molar refractivity (Wildman–Crippen MR) is 81.7 cm³/mol. The molecule has 2 rings (SSSR count). The van der Waals surface area contributed by atoms with Gasteiger partial charge in [-0.1, -0.05) is 40.0 Å². The van der Waals surface area contributed by atoms with Gasteiger partial charge in [-0.3, -0.25) is 4.68 Å². The molecule has 0 radical (unpaired) electrons. The number of halogens is 1. The largest absolute Gasteiger partial charge is 0.269 e. The maximum atomic E-state index is 6.12. The van der Waals surface area contributed by atoms with Crippen LogP contribution in [0.3, 0.4) is 0 Å². The highest BCUT2D eigenvalue weighted by atomic mass is 35.5. The van der Waals surface area contributed by atoms with Crippen molar-refractivity contribution in [2.24, 2.45) is 11.3 Å². The van der Waals surface area contributed by atoms with Crippen molar-refractivity contribution in [3.8, 4) is 0 Å². The topological polar surface area (TPSA) is 17.8 Å². The van der Waals surface area contributed by atoms with Gasteiger partial charge in [-0.2, -0.15) is 5.10 Å². The van der Waals surface area contributed by atoms with Crippen LogP contribution in [0.25, 0.3) is 0 Å². The highest BCUT2D eigenvalue weighted by Gasteiger charge is 2.25. The summed E-state index contributed by atoms with van der Waals surface area (Å²) in [6.45, 7) is 6.79. The van der Waals surface area contributed by atoms with Gasteiger partial charge in [0.2, 0.25) is 0 Å². The summed E-state index contributed by atoms with van der Waals surface area (Å²) in [5.74, 6) is 1.20. The molecule has 19 heavy (non-hydrogen) atoms. The Morgan fingerprint density at radius 1 is 1.32 bits per heavy atom. The van der Waals surface area contributed by atoms with E-state index in [9.17, 15) is 0 Å². The van der Waals surface area contributed by atoms with Crippen LogP contribution in [0.1, 0.15) is 64.6 Å². The lowest BCUT2D eigenvalue weighted by Gasteiger charge is -2.28. The van der Waals surface area contributed by atoms with Crippen molar-refractivity contribution in [2.45, 2.75) is 65.3 Å². The van der Waals surface area contributed by atoms with E-state index < -0.39 is 0 Å². The lowest BCUT2D eigenvalue weighted by molar-refractivity contribution is 0.260. The van der Waals surface area contributed by atoms with Crippen molar-refractivity contribution in [1.82, 2.24) is 9.78 Å². The Labute approximate surface area is 122 Å². The highest BCUT2D eigenvalue weighted by Crippen LogP contribution is 2.31. The van der Waals surface area contributed by atoms with Gasteiger partial charge in [0, 0.05) is 12.1 Å². The molecule has 1 aliphatic carbocycles. The molecule has 108 valence electrons. The molecule has 1 heterocycles. The van der Waals surface area contributed by atoms with E-state index in [-0.39, 0.29) is 5.41 Å². The van der Waals surface area contributed by atoms with E-state index in [4.69, 9.17) is 16.7 Å². The summed E-state index contributed by atoms with van der Waals surface area (Å²) in [6, 6.07) is 2.81. The molecular weight excluding hydrogens is 256 g/mol. The quantitative estimate of drug-likeness (QED) is 0.723. The molecule has 3 heteroatoms. The van der Waals surface area contributed by atoms with Gasteiger partial charge < -0.3 is 0 Å². The van der Waals surface area contributed by atoms with Crippen LogP contribution >= 0.6 is 11.6 Å². The molecule has 1 atom stereocenters. The van der Waals surface area contributed by atoms with E-state index >= 15 is 0 Å². The Morgan fingerprint density at radius 3 is 2.58 bits per heavy atom.